The summed E-state index contributed by atoms with van der Waals surface area (Å²) >= 11 is 0. The number of para-hydroxylation sites is 2. The number of aryl methyl sites for hydroxylation is 1. The second kappa shape index (κ2) is 5.08. The molecule has 1 aromatic carbocycles. The van der Waals surface area contributed by atoms with E-state index >= 15 is 0 Å². The van der Waals surface area contributed by atoms with Crippen LogP contribution in [0, 0.1) is 0 Å². The van der Waals surface area contributed by atoms with E-state index < -0.39 is 0 Å². The molecule has 0 saturated heterocycles. The molecular weight excluding hydrogens is 228 g/mol. The lowest BCUT2D eigenvalue weighted by Crippen LogP contribution is -2.39. The van der Waals surface area contributed by atoms with Crippen LogP contribution < -0.4 is 10.6 Å². The number of hydrogen-bond acceptors (Lipinski definition) is 2. The van der Waals surface area contributed by atoms with Crippen molar-refractivity contribution in [2.75, 3.05) is 0 Å². The fourth-order valence-corrected chi connectivity index (χ4v) is 1.83. The van der Waals surface area contributed by atoms with Crippen LogP contribution in [0.2, 0.25) is 0 Å². The van der Waals surface area contributed by atoms with Gasteiger partial charge in [0.25, 0.3) is 0 Å². The van der Waals surface area contributed by atoms with Gasteiger partial charge in [0.1, 0.15) is 5.82 Å². The third-order valence-electron chi connectivity index (χ3n) is 2.71. The molecule has 0 spiro atoms. The summed E-state index contributed by atoms with van der Waals surface area (Å²) in [6.45, 7) is 4.27. The number of imidazole rings is 1. The molecule has 2 aromatic rings. The van der Waals surface area contributed by atoms with Crippen molar-refractivity contribution in [2.45, 2.75) is 26.4 Å². The van der Waals surface area contributed by atoms with Crippen LogP contribution in [0.4, 0.5) is 4.79 Å². The van der Waals surface area contributed by atoms with E-state index in [2.05, 4.69) is 15.6 Å². The van der Waals surface area contributed by atoms with Gasteiger partial charge in [-0.3, -0.25) is 0 Å². The van der Waals surface area contributed by atoms with Gasteiger partial charge in [-0.2, -0.15) is 0 Å². The molecule has 1 aromatic heterocycles. The lowest BCUT2D eigenvalue weighted by Gasteiger charge is -2.09. The van der Waals surface area contributed by atoms with Crippen molar-refractivity contribution in [3.8, 4) is 0 Å². The highest BCUT2D eigenvalue weighted by Gasteiger charge is 2.08. The van der Waals surface area contributed by atoms with Crippen molar-refractivity contribution in [1.29, 1.82) is 0 Å². The summed E-state index contributed by atoms with van der Waals surface area (Å²) in [6.07, 6.45) is 0. The normalized spacial score (nSPS) is 10.9. The van der Waals surface area contributed by atoms with Gasteiger partial charge >= 0.3 is 6.03 Å². The van der Waals surface area contributed by atoms with Gasteiger partial charge in [0.15, 0.2) is 0 Å². The zero-order valence-corrected chi connectivity index (χ0v) is 10.9. The zero-order chi connectivity index (χ0) is 13.1. The van der Waals surface area contributed by atoms with Gasteiger partial charge in [0.2, 0.25) is 0 Å². The number of rotatable bonds is 3. The number of aromatic nitrogens is 2. The summed E-state index contributed by atoms with van der Waals surface area (Å²) in [5.41, 5.74) is 2.01. The molecule has 0 aliphatic rings. The van der Waals surface area contributed by atoms with Crippen LogP contribution in [0.5, 0.6) is 0 Å². The van der Waals surface area contributed by atoms with E-state index in [4.69, 9.17) is 0 Å². The Balaban J connectivity index is 2.08. The Kier molecular flexibility index (Phi) is 3.50. The molecule has 0 saturated carbocycles. The van der Waals surface area contributed by atoms with Crippen molar-refractivity contribution in [3.05, 3.63) is 30.1 Å². The predicted octanol–water partition coefficient (Wildman–Crippen LogP) is 1.78. The van der Waals surface area contributed by atoms with Gasteiger partial charge in [0, 0.05) is 13.1 Å². The third kappa shape index (κ3) is 2.61. The molecule has 5 nitrogen and oxygen atoms in total. The number of hydrogen-bond donors (Lipinski definition) is 2. The van der Waals surface area contributed by atoms with Gasteiger partial charge in [-0.1, -0.05) is 12.1 Å². The van der Waals surface area contributed by atoms with E-state index in [0.29, 0.717) is 6.54 Å². The van der Waals surface area contributed by atoms with Crippen LogP contribution in [0.15, 0.2) is 24.3 Å². The quantitative estimate of drug-likeness (QED) is 0.867. The average molecular weight is 246 g/mol. The zero-order valence-electron chi connectivity index (χ0n) is 10.9. The maximum absolute atomic E-state index is 11.5. The largest absolute Gasteiger partial charge is 0.336 e. The number of carbonyl (C=O) groups excluding carboxylic acids is 1. The average Bonchev–Trinajstić information content (AvgIpc) is 2.64. The Morgan fingerprint density at radius 1 is 1.39 bits per heavy atom. The van der Waals surface area contributed by atoms with Gasteiger partial charge in [0.05, 0.1) is 17.6 Å². The van der Waals surface area contributed by atoms with Crippen LogP contribution >= 0.6 is 0 Å². The van der Waals surface area contributed by atoms with Crippen LogP contribution in [0.1, 0.15) is 19.7 Å². The van der Waals surface area contributed by atoms with E-state index in [9.17, 15) is 4.79 Å². The Hall–Kier alpha value is -2.04. The molecule has 0 fully saturated rings. The molecule has 2 N–H and O–H groups in total. The molecule has 1 heterocycles. The van der Waals surface area contributed by atoms with Crippen LogP contribution in [-0.4, -0.2) is 21.6 Å². The molecule has 2 amide bonds. The monoisotopic (exact) mass is 246 g/mol. The number of nitrogens with one attached hydrogen (secondary N) is 2. The molecule has 18 heavy (non-hydrogen) atoms. The molecule has 2 rings (SSSR count). The standard InChI is InChI=1S/C13H18N4O/c1-9(2)15-13(18)14-8-12-16-10-6-4-5-7-11(10)17(12)3/h4-7,9H,8H2,1-3H3,(H2,14,15,18). The number of urea groups is 1. The van der Waals surface area contributed by atoms with E-state index in [1.165, 1.54) is 0 Å². The summed E-state index contributed by atoms with van der Waals surface area (Å²) in [5, 5.41) is 5.58. The van der Waals surface area contributed by atoms with Crippen LogP contribution in [0.25, 0.3) is 11.0 Å². The number of amides is 2. The Morgan fingerprint density at radius 2 is 2.11 bits per heavy atom. The summed E-state index contributed by atoms with van der Waals surface area (Å²) in [7, 11) is 1.95. The lowest BCUT2D eigenvalue weighted by molar-refractivity contribution is 0.238. The first-order valence-corrected chi connectivity index (χ1v) is 6.02. The molecular formula is C13H18N4O. The summed E-state index contributed by atoms with van der Waals surface area (Å²) in [6, 6.07) is 7.88. The van der Waals surface area contributed by atoms with Gasteiger partial charge in [-0.25, -0.2) is 9.78 Å². The van der Waals surface area contributed by atoms with Crippen molar-refractivity contribution < 1.29 is 4.79 Å². The lowest BCUT2D eigenvalue weighted by atomic mass is 10.3. The molecule has 0 bridgehead atoms. The second-order valence-electron chi connectivity index (χ2n) is 4.56. The van der Waals surface area contributed by atoms with Crippen LogP contribution in [-0.2, 0) is 13.6 Å². The first-order chi connectivity index (χ1) is 8.58. The minimum absolute atomic E-state index is 0.130. The van der Waals surface area contributed by atoms with Gasteiger partial charge < -0.3 is 15.2 Å². The number of fused-ring (bicyclic) bond motifs is 1. The second-order valence-corrected chi connectivity index (χ2v) is 4.56. The SMILES string of the molecule is CC(C)NC(=O)NCc1nc2ccccc2n1C. The molecule has 5 heteroatoms. The molecule has 0 unspecified atom stereocenters. The molecule has 96 valence electrons. The smallest absolute Gasteiger partial charge is 0.315 e. The highest BCUT2D eigenvalue weighted by molar-refractivity contribution is 5.76. The number of carbonyl (C=O) groups is 1. The molecule has 0 aliphatic heterocycles. The Bertz CT molecular complexity index is 559. The van der Waals surface area contributed by atoms with E-state index in [1.54, 1.807) is 0 Å². The van der Waals surface area contributed by atoms with Gasteiger partial charge in [-0.05, 0) is 26.0 Å². The number of benzene rings is 1. The van der Waals surface area contributed by atoms with E-state index in [1.807, 2.05) is 49.7 Å². The first kappa shape index (κ1) is 12.4. The van der Waals surface area contributed by atoms with Crippen LogP contribution in [0.3, 0.4) is 0 Å². The van der Waals surface area contributed by atoms with E-state index in [-0.39, 0.29) is 12.1 Å². The number of nitrogens with zero attached hydrogens (tertiary/aromatic N) is 2. The van der Waals surface area contributed by atoms with E-state index in [0.717, 1.165) is 16.9 Å². The topological polar surface area (TPSA) is 59.0 Å². The summed E-state index contributed by atoms with van der Waals surface area (Å²) < 4.78 is 1.99. The summed E-state index contributed by atoms with van der Waals surface area (Å²) in [5.74, 6) is 0.843. The van der Waals surface area contributed by atoms with Crippen molar-refractivity contribution in [1.82, 2.24) is 20.2 Å². The minimum Gasteiger partial charge on any atom is -0.336 e. The highest BCUT2D eigenvalue weighted by Crippen LogP contribution is 2.13. The molecule has 0 aliphatic carbocycles. The Labute approximate surface area is 106 Å². The van der Waals surface area contributed by atoms with Crippen molar-refractivity contribution >= 4 is 17.1 Å². The van der Waals surface area contributed by atoms with Crippen molar-refractivity contribution in [3.63, 3.8) is 0 Å². The predicted molar refractivity (Wildman–Crippen MR) is 71.2 cm³/mol. The molecule has 0 radical (unpaired) electrons. The maximum Gasteiger partial charge on any atom is 0.315 e. The minimum atomic E-state index is -0.169. The highest BCUT2D eigenvalue weighted by atomic mass is 16.2. The summed E-state index contributed by atoms with van der Waals surface area (Å²) in [4.78, 5) is 16.0. The Morgan fingerprint density at radius 3 is 2.78 bits per heavy atom. The fourth-order valence-electron chi connectivity index (χ4n) is 1.83. The third-order valence-corrected chi connectivity index (χ3v) is 2.71. The van der Waals surface area contributed by atoms with Crippen molar-refractivity contribution in [2.24, 2.45) is 7.05 Å². The first-order valence-electron chi connectivity index (χ1n) is 6.02. The maximum atomic E-state index is 11.5. The fraction of sp³-hybridized carbons (Fsp3) is 0.385. The van der Waals surface area contributed by atoms with Gasteiger partial charge in [-0.15, -0.1) is 0 Å². The molecule has 0 atom stereocenters.